The first kappa shape index (κ1) is 85.5. The van der Waals surface area contributed by atoms with Crippen molar-refractivity contribution in [2.24, 2.45) is 0 Å². The molecule has 0 saturated carbocycles. The van der Waals surface area contributed by atoms with Crippen LogP contribution in [0.1, 0.15) is 34.6 Å². The summed E-state index contributed by atoms with van der Waals surface area (Å²) >= 11 is 0. The highest BCUT2D eigenvalue weighted by Crippen LogP contribution is 2.40. The zero-order valence-electron chi connectivity index (χ0n) is 56.3. The molecule has 0 spiro atoms. The van der Waals surface area contributed by atoms with Crippen LogP contribution in [0, 0.1) is 0 Å². The number of carbonyl (C=O) groups is 5. The van der Waals surface area contributed by atoms with E-state index in [1.54, 1.807) is 0 Å². The summed E-state index contributed by atoms with van der Waals surface area (Å²) in [6.45, 7) is -4.05. The SMILES string of the molecule is CC(=O)N[C@H]1[C@H](O[C@H]2[C@H](O)[C@@H](NC(C)=O)C(O)O[C@@H]2CO)O[C@H](CO)[C@@H](O[C@H]2O[C@H](CO[C@H]3O[C@H](CO)[C@@H](O)[C@H](O)[C@@H]3O[C@@H]3O[C@H](CO)[C@@H](O)[C@H](O)[C@H]3NC(C)=O)[C@@H](O[C@@H]3O[C@H](CO)[C@@H](O)[C@H](O)[C@H]3NC(C)=O)[C@H](O[C@H]3O[C@H](CO)[C@@H](O)[C@H](O)[C@@H]3O[C@@H]3O[C@H](CO)[C@@H](O)[C@H](O)[C@H]3NC(C)=O)[C@@H]2O)[C@@H]1O. The molecular weight excluding hydrogens is 1420 g/mol. The minimum absolute atomic E-state index is 0.788. The number of amides is 5. The van der Waals surface area contributed by atoms with E-state index in [1.165, 1.54) is 0 Å². The number of nitrogens with one attached hydrogen (secondary N) is 5. The van der Waals surface area contributed by atoms with Gasteiger partial charge in [-0.1, -0.05) is 0 Å². The zero-order chi connectivity index (χ0) is 76.8. The van der Waals surface area contributed by atoms with Gasteiger partial charge < -0.3 is 205 Å². The highest BCUT2D eigenvalue weighted by molar-refractivity contribution is 5.75. The molecule has 0 aromatic rings. The first-order chi connectivity index (χ1) is 49.2. The van der Waals surface area contributed by atoms with Crippen LogP contribution in [0.25, 0.3) is 0 Å². The van der Waals surface area contributed by atoms with Crippen LogP contribution >= 0.6 is 0 Å². The Hall–Kier alpha value is -4.09. The minimum atomic E-state index is -2.65. The first-order valence-corrected chi connectivity index (χ1v) is 33.1. The molecule has 600 valence electrons. The van der Waals surface area contributed by atoms with E-state index in [0.29, 0.717) is 0 Å². The van der Waals surface area contributed by atoms with Gasteiger partial charge >= 0.3 is 0 Å². The summed E-state index contributed by atoms with van der Waals surface area (Å²) in [4.78, 5) is 63.3. The molecule has 1 unspecified atom stereocenters. The number of hydrogen-bond donors (Lipinski definition) is 26. The standard InChI is InChI=1S/C58H97N5O41/c1-14(71)59-27-40(84)45(24(11-69)91-51(27)89)99-55-31(63-18(5)75)41(85)46(25(12-70)97-55)100-56-44(88)48(102-58-50(43(87)36(80)23(10-68)96-58)104-54-30(62-17(4)74)39(83)34(78)21(8-66)94-54)47(101-52-28(60-15(2)72)37(81)32(76)19(6-64)92-52)26(98-56)13-90-57-49(42(86)35(79)22(9-67)95-57)103-53-29(61-16(3)73)38(82)33(77)20(7-65)93-53/h19-58,64-70,76-89H,6-13H2,1-5H3,(H,59,71)(H,60,72)(H,61,73)(H,62,74)(H,63,75)/t19-,20-,21-,22-,23-,24-,25-,26-,27-,28-,29-,30-,31-,32-,33-,34-,35-,36-,37-,38-,39-,40-,41-,42+,43+,44+,45-,46-,47-,48-,49+,50+,51?,52+,53+,54+,55+,56-,57+,58-/m1/s1. The number of carbonyl (C=O) groups excluding carboxylic acids is 5. The third-order valence-electron chi connectivity index (χ3n) is 18.7. The van der Waals surface area contributed by atoms with Gasteiger partial charge in [-0.15, -0.1) is 0 Å². The van der Waals surface area contributed by atoms with Crippen LogP contribution < -0.4 is 26.6 Å². The predicted molar refractivity (Wildman–Crippen MR) is 322 cm³/mol. The number of rotatable bonds is 27. The summed E-state index contributed by atoms with van der Waals surface area (Å²) in [5.41, 5.74) is 0. The fraction of sp³-hybridized carbons (Fsp3) is 0.914. The largest absolute Gasteiger partial charge is 0.394 e. The van der Waals surface area contributed by atoms with E-state index < -0.39 is 328 Å². The number of aliphatic hydroxyl groups excluding tert-OH is 21. The van der Waals surface area contributed by atoms with Gasteiger partial charge in [-0.3, -0.25) is 24.0 Å². The Morgan fingerprint density at radius 3 is 0.885 bits per heavy atom. The second kappa shape index (κ2) is 37.5. The van der Waals surface area contributed by atoms with Crippen LogP contribution in [0.5, 0.6) is 0 Å². The molecule has 0 aromatic carbocycles. The van der Waals surface area contributed by atoms with Crippen molar-refractivity contribution in [3.05, 3.63) is 0 Å². The molecule has 0 radical (unpaired) electrons. The van der Waals surface area contributed by atoms with E-state index in [4.69, 9.17) is 71.1 Å². The minimum Gasteiger partial charge on any atom is -0.394 e. The average Bonchev–Trinajstić information content (AvgIpc) is 0.762. The topological polar surface area (TPSA) is 709 Å². The molecule has 46 nitrogen and oxygen atoms in total. The second-order valence-electron chi connectivity index (χ2n) is 26.1. The summed E-state index contributed by atoms with van der Waals surface area (Å²) in [6, 6.07) is -9.14. The third-order valence-corrected chi connectivity index (χ3v) is 18.7. The molecule has 40 atom stereocenters. The Balaban J connectivity index is 1.27. The molecule has 8 heterocycles. The Morgan fingerprint density at radius 2 is 0.510 bits per heavy atom. The molecular formula is C58H97N5O41. The van der Waals surface area contributed by atoms with Crippen LogP contribution in [-0.4, -0.2) is 435 Å². The van der Waals surface area contributed by atoms with Crippen LogP contribution in [0.4, 0.5) is 0 Å². The quantitative estimate of drug-likeness (QED) is 0.0363. The molecule has 8 rings (SSSR count). The van der Waals surface area contributed by atoms with Crippen molar-refractivity contribution in [3.63, 3.8) is 0 Å². The van der Waals surface area contributed by atoms with Crippen molar-refractivity contribution in [2.45, 2.75) is 280 Å². The summed E-state index contributed by atoms with van der Waals surface area (Å²) in [7, 11) is 0. The molecule has 26 N–H and O–H groups in total. The lowest BCUT2D eigenvalue weighted by Gasteiger charge is -2.52. The van der Waals surface area contributed by atoms with Crippen molar-refractivity contribution in [1.82, 2.24) is 26.6 Å². The van der Waals surface area contributed by atoms with Gasteiger partial charge in [0.05, 0.1) is 52.9 Å². The van der Waals surface area contributed by atoms with E-state index in [2.05, 4.69) is 26.6 Å². The van der Waals surface area contributed by atoms with Crippen molar-refractivity contribution in [3.8, 4) is 0 Å². The van der Waals surface area contributed by atoms with E-state index in [9.17, 15) is 131 Å². The van der Waals surface area contributed by atoms with Gasteiger partial charge in [0.15, 0.2) is 50.3 Å². The van der Waals surface area contributed by atoms with E-state index in [0.717, 1.165) is 34.6 Å². The molecule has 8 aliphatic rings. The lowest BCUT2D eigenvalue weighted by atomic mass is 9.93. The molecule has 8 fully saturated rings. The van der Waals surface area contributed by atoms with Crippen molar-refractivity contribution in [2.75, 3.05) is 52.9 Å². The zero-order valence-corrected chi connectivity index (χ0v) is 56.3. The van der Waals surface area contributed by atoms with Crippen LogP contribution in [-0.2, 0) is 95.0 Å². The fourth-order valence-electron chi connectivity index (χ4n) is 13.4. The molecule has 8 aliphatic heterocycles. The maximum absolute atomic E-state index is 13.1. The Kier molecular flexibility index (Phi) is 30.9. The molecule has 0 aliphatic carbocycles. The molecule has 8 saturated heterocycles. The third kappa shape index (κ3) is 19.2. The maximum Gasteiger partial charge on any atom is 0.217 e. The van der Waals surface area contributed by atoms with Gasteiger partial charge in [0.25, 0.3) is 0 Å². The Bertz CT molecular complexity index is 2770. The van der Waals surface area contributed by atoms with Gasteiger partial charge in [0.2, 0.25) is 29.5 Å². The molecule has 0 bridgehead atoms. The fourth-order valence-corrected chi connectivity index (χ4v) is 13.4. The van der Waals surface area contributed by atoms with Gasteiger partial charge in [-0.25, -0.2) is 0 Å². The van der Waals surface area contributed by atoms with Gasteiger partial charge in [0.1, 0.15) is 195 Å². The lowest BCUT2D eigenvalue weighted by molar-refractivity contribution is -0.407. The molecule has 46 heteroatoms. The number of hydrogen-bond acceptors (Lipinski definition) is 41. The summed E-state index contributed by atoms with van der Waals surface area (Å²) < 4.78 is 91.3. The van der Waals surface area contributed by atoms with E-state index in [-0.39, 0.29) is 0 Å². The normalized spacial score (nSPS) is 47.2. The van der Waals surface area contributed by atoms with E-state index in [1.807, 2.05) is 0 Å². The van der Waals surface area contributed by atoms with Crippen LogP contribution in [0.15, 0.2) is 0 Å². The monoisotopic (exact) mass is 1520 g/mol. The van der Waals surface area contributed by atoms with Crippen molar-refractivity contribution < 1.29 is 202 Å². The second-order valence-corrected chi connectivity index (χ2v) is 26.1. The number of ether oxygens (including phenoxy) is 15. The summed E-state index contributed by atoms with van der Waals surface area (Å²) in [5.74, 6) is -4.43. The van der Waals surface area contributed by atoms with Gasteiger partial charge in [-0.2, -0.15) is 0 Å². The molecule has 0 aromatic heterocycles. The maximum atomic E-state index is 13.1. The van der Waals surface area contributed by atoms with E-state index >= 15 is 0 Å². The van der Waals surface area contributed by atoms with Crippen LogP contribution in [0.2, 0.25) is 0 Å². The predicted octanol–water partition coefficient (Wildman–Crippen LogP) is -17.7. The Labute approximate surface area is 589 Å². The highest BCUT2D eigenvalue weighted by Gasteiger charge is 2.61. The summed E-state index contributed by atoms with van der Waals surface area (Å²) in [5, 5.41) is 246. The lowest BCUT2D eigenvalue weighted by Crippen LogP contribution is -2.71. The molecule has 104 heavy (non-hydrogen) atoms. The summed E-state index contributed by atoms with van der Waals surface area (Å²) in [6.07, 6.45) is -73.7. The van der Waals surface area contributed by atoms with Gasteiger partial charge in [-0.05, 0) is 0 Å². The molecule has 5 amide bonds. The highest BCUT2D eigenvalue weighted by atomic mass is 16.8. The Morgan fingerprint density at radius 1 is 0.250 bits per heavy atom. The van der Waals surface area contributed by atoms with Gasteiger partial charge in [0, 0.05) is 34.6 Å². The average molecular weight is 1520 g/mol. The smallest absolute Gasteiger partial charge is 0.217 e. The first-order valence-electron chi connectivity index (χ1n) is 33.1. The number of aliphatic hydroxyl groups is 21. The van der Waals surface area contributed by atoms with Crippen molar-refractivity contribution in [1.29, 1.82) is 0 Å². The van der Waals surface area contributed by atoms with Crippen molar-refractivity contribution >= 4 is 29.5 Å². The van der Waals surface area contributed by atoms with Crippen LogP contribution in [0.3, 0.4) is 0 Å².